The zero-order chi connectivity index (χ0) is 18.8. The van der Waals surface area contributed by atoms with Crippen LogP contribution in [-0.2, 0) is 6.42 Å². The van der Waals surface area contributed by atoms with Gasteiger partial charge in [-0.25, -0.2) is 4.98 Å². The van der Waals surface area contributed by atoms with Crippen LogP contribution in [0.3, 0.4) is 0 Å². The number of allylic oxidation sites excluding steroid dienone is 2. The van der Waals surface area contributed by atoms with Crippen LogP contribution in [0.15, 0.2) is 49.2 Å². The molecule has 0 saturated heterocycles. The van der Waals surface area contributed by atoms with E-state index in [1.807, 2.05) is 19.2 Å². The minimum Gasteiger partial charge on any atom is -0.342 e. The van der Waals surface area contributed by atoms with Crippen molar-refractivity contribution < 1.29 is 0 Å². The Morgan fingerprint density at radius 1 is 1.15 bits per heavy atom. The molecule has 0 bridgehead atoms. The van der Waals surface area contributed by atoms with Crippen molar-refractivity contribution in [3.8, 4) is 11.3 Å². The molecule has 0 amide bonds. The van der Waals surface area contributed by atoms with Gasteiger partial charge in [0.25, 0.3) is 0 Å². The number of aromatic nitrogens is 2. The number of aryl methyl sites for hydroxylation is 1. The van der Waals surface area contributed by atoms with E-state index in [2.05, 4.69) is 60.4 Å². The van der Waals surface area contributed by atoms with Crippen LogP contribution in [0.4, 0.5) is 0 Å². The molecule has 2 nitrogen and oxygen atoms in total. The van der Waals surface area contributed by atoms with E-state index >= 15 is 0 Å². The molecule has 0 aliphatic carbocycles. The van der Waals surface area contributed by atoms with Gasteiger partial charge in [0.1, 0.15) is 5.82 Å². The van der Waals surface area contributed by atoms with Crippen LogP contribution in [-0.4, -0.2) is 9.97 Å². The lowest BCUT2D eigenvalue weighted by molar-refractivity contribution is 0.627. The van der Waals surface area contributed by atoms with Gasteiger partial charge < -0.3 is 4.98 Å². The second-order valence-electron chi connectivity index (χ2n) is 6.81. The van der Waals surface area contributed by atoms with E-state index in [4.69, 9.17) is 0 Å². The second-order valence-corrected chi connectivity index (χ2v) is 6.81. The molecular weight excluding hydrogens is 316 g/mol. The lowest BCUT2D eigenvalue weighted by atomic mass is 10.0. The number of benzene rings is 1. The second kappa shape index (κ2) is 10.6. The van der Waals surface area contributed by atoms with Crippen LogP contribution in [0, 0.1) is 0 Å². The van der Waals surface area contributed by atoms with Crippen molar-refractivity contribution in [2.24, 2.45) is 0 Å². The summed E-state index contributed by atoms with van der Waals surface area (Å²) in [4.78, 5) is 8.04. The molecule has 1 aromatic heterocycles. The van der Waals surface area contributed by atoms with Crippen LogP contribution in [0.1, 0.15) is 69.3 Å². The number of nitrogens with one attached hydrogen (secondary N) is 1. The molecule has 0 spiro atoms. The quantitative estimate of drug-likeness (QED) is 0.337. The van der Waals surface area contributed by atoms with E-state index in [1.165, 1.54) is 48.8 Å². The molecule has 2 aromatic rings. The minimum absolute atomic E-state index is 1.02. The Morgan fingerprint density at radius 2 is 1.96 bits per heavy atom. The highest BCUT2D eigenvalue weighted by Crippen LogP contribution is 2.23. The smallest absolute Gasteiger partial charge is 0.106 e. The molecule has 0 aliphatic heterocycles. The largest absolute Gasteiger partial charge is 0.342 e. The summed E-state index contributed by atoms with van der Waals surface area (Å²) >= 11 is 0. The van der Waals surface area contributed by atoms with Gasteiger partial charge >= 0.3 is 0 Å². The number of rotatable bonds is 11. The maximum atomic E-state index is 4.56. The first-order valence-corrected chi connectivity index (χ1v) is 9.78. The lowest BCUT2D eigenvalue weighted by Gasteiger charge is -2.05. The molecule has 2 heteroatoms. The number of hydrogen-bond acceptors (Lipinski definition) is 1. The van der Waals surface area contributed by atoms with Crippen LogP contribution in [0.2, 0.25) is 0 Å². The topological polar surface area (TPSA) is 28.7 Å². The number of aromatic amines is 1. The monoisotopic (exact) mass is 348 g/mol. The van der Waals surface area contributed by atoms with Crippen LogP contribution < -0.4 is 0 Å². The SMILES string of the molecule is C=Cc1ccc(-c2cnc(CCCCCCC(=C)CC)[nH]2)cc1/C=C\C. The molecule has 1 heterocycles. The molecule has 26 heavy (non-hydrogen) atoms. The van der Waals surface area contributed by atoms with E-state index in [0.29, 0.717) is 0 Å². The number of H-pyrrole nitrogens is 1. The molecule has 0 aliphatic rings. The Bertz CT molecular complexity index is 749. The first-order chi connectivity index (χ1) is 12.7. The maximum absolute atomic E-state index is 4.56. The van der Waals surface area contributed by atoms with Gasteiger partial charge in [0, 0.05) is 12.0 Å². The predicted molar refractivity (Wildman–Crippen MR) is 115 cm³/mol. The van der Waals surface area contributed by atoms with Gasteiger partial charge in [0.05, 0.1) is 11.9 Å². The van der Waals surface area contributed by atoms with Gasteiger partial charge in [0.2, 0.25) is 0 Å². The number of nitrogens with zero attached hydrogens (tertiary/aromatic N) is 1. The van der Waals surface area contributed by atoms with E-state index in [0.717, 1.165) is 29.9 Å². The third-order valence-electron chi connectivity index (χ3n) is 4.79. The molecule has 0 fully saturated rings. The average Bonchev–Trinajstić information content (AvgIpc) is 3.13. The molecular formula is C24H32N2. The van der Waals surface area contributed by atoms with Crippen molar-refractivity contribution >= 4 is 12.2 Å². The molecule has 0 radical (unpaired) electrons. The number of imidazole rings is 1. The van der Waals surface area contributed by atoms with Crippen molar-refractivity contribution in [3.05, 3.63) is 66.2 Å². The highest BCUT2D eigenvalue weighted by molar-refractivity contribution is 5.71. The highest BCUT2D eigenvalue weighted by atomic mass is 14.9. The molecule has 0 saturated carbocycles. The summed E-state index contributed by atoms with van der Waals surface area (Å²) in [5, 5.41) is 0. The normalized spacial score (nSPS) is 11.2. The molecule has 2 rings (SSSR count). The van der Waals surface area contributed by atoms with E-state index in [1.54, 1.807) is 0 Å². The summed E-state index contributed by atoms with van der Waals surface area (Å²) in [5.74, 6) is 1.08. The highest BCUT2D eigenvalue weighted by Gasteiger charge is 2.06. The summed E-state index contributed by atoms with van der Waals surface area (Å²) in [6.07, 6.45) is 16.3. The van der Waals surface area contributed by atoms with Gasteiger partial charge in [-0.05, 0) is 49.8 Å². The Balaban J connectivity index is 1.88. The summed E-state index contributed by atoms with van der Waals surface area (Å²) in [6.45, 7) is 12.2. The Labute approximate surface area is 158 Å². The summed E-state index contributed by atoms with van der Waals surface area (Å²) < 4.78 is 0. The van der Waals surface area contributed by atoms with E-state index in [9.17, 15) is 0 Å². The van der Waals surface area contributed by atoms with E-state index < -0.39 is 0 Å². The number of hydrogen-bond donors (Lipinski definition) is 1. The fourth-order valence-corrected chi connectivity index (χ4v) is 3.09. The number of unbranched alkanes of at least 4 members (excludes halogenated alkanes) is 3. The van der Waals surface area contributed by atoms with Gasteiger partial charge in [-0.2, -0.15) is 0 Å². The molecule has 138 valence electrons. The standard InChI is InChI=1S/C24H32N2/c1-5-12-21-17-22(16-15-20(21)7-3)23-18-25-24(26-23)14-11-9-8-10-13-19(4)6-2/h5,7,12,15-18H,3-4,6,8-11,13-14H2,1-2H3,(H,25,26)/b12-5-. The maximum Gasteiger partial charge on any atom is 0.106 e. The Morgan fingerprint density at radius 3 is 2.69 bits per heavy atom. The first-order valence-electron chi connectivity index (χ1n) is 9.78. The van der Waals surface area contributed by atoms with Crippen LogP contribution >= 0.6 is 0 Å². The van der Waals surface area contributed by atoms with Crippen molar-refractivity contribution in [3.63, 3.8) is 0 Å². The molecule has 1 aromatic carbocycles. The van der Waals surface area contributed by atoms with E-state index in [-0.39, 0.29) is 0 Å². The summed E-state index contributed by atoms with van der Waals surface area (Å²) in [5.41, 5.74) is 5.96. The van der Waals surface area contributed by atoms with Gasteiger partial charge in [0.15, 0.2) is 0 Å². The van der Waals surface area contributed by atoms with Crippen molar-refractivity contribution in [1.82, 2.24) is 9.97 Å². The third-order valence-corrected chi connectivity index (χ3v) is 4.79. The van der Waals surface area contributed by atoms with Crippen molar-refractivity contribution in [1.29, 1.82) is 0 Å². The zero-order valence-electron chi connectivity index (χ0n) is 16.4. The Kier molecular flexibility index (Phi) is 8.14. The van der Waals surface area contributed by atoms with Gasteiger partial charge in [-0.1, -0.05) is 68.9 Å². The van der Waals surface area contributed by atoms with Crippen LogP contribution in [0.25, 0.3) is 23.4 Å². The van der Waals surface area contributed by atoms with Crippen molar-refractivity contribution in [2.45, 2.75) is 58.8 Å². The predicted octanol–water partition coefficient (Wildman–Crippen LogP) is 7.21. The fraction of sp³-hybridized carbons (Fsp3) is 0.375. The lowest BCUT2D eigenvalue weighted by Crippen LogP contribution is -1.90. The fourth-order valence-electron chi connectivity index (χ4n) is 3.09. The van der Waals surface area contributed by atoms with Crippen LogP contribution in [0.5, 0.6) is 0 Å². The summed E-state index contributed by atoms with van der Waals surface area (Å²) in [7, 11) is 0. The van der Waals surface area contributed by atoms with Gasteiger partial charge in [-0.3, -0.25) is 0 Å². The minimum atomic E-state index is 1.02. The first kappa shape index (κ1) is 20.0. The average molecular weight is 349 g/mol. The molecule has 0 atom stereocenters. The third kappa shape index (κ3) is 5.87. The summed E-state index contributed by atoms with van der Waals surface area (Å²) in [6, 6.07) is 6.43. The Hall–Kier alpha value is -2.35. The van der Waals surface area contributed by atoms with Gasteiger partial charge in [-0.15, -0.1) is 0 Å². The molecule has 1 N–H and O–H groups in total. The zero-order valence-corrected chi connectivity index (χ0v) is 16.4. The van der Waals surface area contributed by atoms with Crippen molar-refractivity contribution in [2.75, 3.05) is 0 Å². The molecule has 0 unspecified atom stereocenters.